The van der Waals surface area contributed by atoms with Gasteiger partial charge in [0.25, 0.3) is 5.91 Å². The second-order valence-corrected chi connectivity index (χ2v) is 13.1. The zero-order chi connectivity index (χ0) is 30.9. The number of urea groups is 1. The van der Waals surface area contributed by atoms with Crippen LogP contribution in [0.3, 0.4) is 0 Å². The number of benzene rings is 2. The zero-order valence-corrected chi connectivity index (χ0v) is 25.9. The molecular formula is C30H44N4O7S. The van der Waals surface area contributed by atoms with Gasteiger partial charge in [-0.25, -0.2) is 17.5 Å². The van der Waals surface area contributed by atoms with Crippen molar-refractivity contribution >= 4 is 33.3 Å². The van der Waals surface area contributed by atoms with Crippen LogP contribution in [0, 0.1) is 5.92 Å². The van der Waals surface area contributed by atoms with Gasteiger partial charge >= 0.3 is 6.03 Å². The van der Waals surface area contributed by atoms with Crippen molar-refractivity contribution in [2.45, 2.75) is 58.3 Å². The summed E-state index contributed by atoms with van der Waals surface area (Å²) in [4.78, 5) is 28.4. The van der Waals surface area contributed by atoms with Gasteiger partial charge in [-0.15, -0.1) is 0 Å². The number of fused-ring (bicyclic) bond motifs is 1. The van der Waals surface area contributed by atoms with Crippen molar-refractivity contribution in [3.05, 3.63) is 54.1 Å². The number of sulfonamides is 1. The van der Waals surface area contributed by atoms with Gasteiger partial charge in [-0.2, -0.15) is 0 Å². The number of carbonyl (C=O) groups is 2. The number of anilines is 2. The molecule has 2 aromatic carbocycles. The van der Waals surface area contributed by atoms with Crippen LogP contribution in [-0.2, 0) is 14.8 Å². The number of hydrogen-bond donors (Lipinski definition) is 3. The number of ether oxygens (including phenoxy) is 2. The van der Waals surface area contributed by atoms with Crippen LogP contribution in [0.25, 0.3) is 0 Å². The van der Waals surface area contributed by atoms with Crippen molar-refractivity contribution in [1.29, 1.82) is 0 Å². The monoisotopic (exact) mass is 604 g/mol. The average Bonchev–Trinajstić information content (AvgIpc) is 2.94. The molecule has 1 aliphatic rings. The Balaban J connectivity index is 1.95. The molecule has 0 spiro atoms. The molecule has 1 aliphatic heterocycles. The molecule has 11 nitrogen and oxygen atoms in total. The van der Waals surface area contributed by atoms with Crippen molar-refractivity contribution in [1.82, 2.24) is 9.21 Å². The molecule has 1 heterocycles. The first-order chi connectivity index (χ1) is 19.9. The Labute approximate surface area is 249 Å². The topological polar surface area (TPSA) is 138 Å². The molecule has 0 fully saturated rings. The van der Waals surface area contributed by atoms with E-state index in [1.807, 2.05) is 32.0 Å². The number of rotatable bonds is 7. The molecular weight excluding hydrogens is 560 g/mol. The van der Waals surface area contributed by atoms with Gasteiger partial charge in [-0.1, -0.05) is 25.1 Å². The average molecular weight is 605 g/mol. The van der Waals surface area contributed by atoms with Crippen LogP contribution >= 0.6 is 0 Å². The molecule has 4 atom stereocenters. The predicted octanol–water partition coefficient (Wildman–Crippen LogP) is 4.02. The Morgan fingerprint density at radius 2 is 1.81 bits per heavy atom. The minimum Gasteiger partial charge on any atom is -0.490 e. The third kappa shape index (κ3) is 9.69. The number of nitrogens with one attached hydrogen (secondary N) is 2. The van der Waals surface area contributed by atoms with E-state index in [0.29, 0.717) is 23.7 Å². The third-order valence-electron chi connectivity index (χ3n) is 7.34. The van der Waals surface area contributed by atoms with Crippen LogP contribution in [0.4, 0.5) is 16.2 Å². The quantitative estimate of drug-likeness (QED) is 0.434. The molecule has 0 bridgehead atoms. The number of para-hydroxylation sites is 1. The summed E-state index contributed by atoms with van der Waals surface area (Å²) < 4.78 is 37.9. The van der Waals surface area contributed by atoms with Gasteiger partial charge in [-0.05, 0) is 63.4 Å². The van der Waals surface area contributed by atoms with E-state index in [9.17, 15) is 23.1 Å². The van der Waals surface area contributed by atoms with E-state index < -0.39 is 28.2 Å². The lowest BCUT2D eigenvalue weighted by Crippen LogP contribution is -2.47. The highest BCUT2D eigenvalue weighted by atomic mass is 32.2. The molecule has 0 saturated heterocycles. The smallest absolute Gasteiger partial charge is 0.323 e. The van der Waals surface area contributed by atoms with Crippen LogP contribution < -0.4 is 15.4 Å². The van der Waals surface area contributed by atoms with Crippen molar-refractivity contribution in [2.24, 2.45) is 5.92 Å². The minimum atomic E-state index is -3.44. The highest BCUT2D eigenvalue weighted by molar-refractivity contribution is 7.88. The molecule has 0 unspecified atom stereocenters. The summed E-state index contributed by atoms with van der Waals surface area (Å²) in [6, 6.07) is 12.9. The molecule has 3 amide bonds. The van der Waals surface area contributed by atoms with Crippen molar-refractivity contribution < 1.29 is 32.6 Å². The summed E-state index contributed by atoms with van der Waals surface area (Å²) in [5.41, 5.74) is 1.26. The summed E-state index contributed by atoms with van der Waals surface area (Å²) >= 11 is 0. The second-order valence-electron chi connectivity index (χ2n) is 11.0. The van der Waals surface area contributed by atoms with E-state index in [2.05, 4.69) is 10.6 Å². The summed E-state index contributed by atoms with van der Waals surface area (Å²) in [6.07, 6.45) is 2.78. The van der Waals surface area contributed by atoms with E-state index in [-0.39, 0.29) is 43.2 Å². The molecule has 0 saturated carbocycles. The Morgan fingerprint density at radius 3 is 2.48 bits per heavy atom. The van der Waals surface area contributed by atoms with Gasteiger partial charge in [0.15, 0.2) is 0 Å². The lowest BCUT2D eigenvalue weighted by Gasteiger charge is -2.35. The summed E-state index contributed by atoms with van der Waals surface area (Å²) in [5.74, 6) is -0.271. The van der Waals surface area contributed by atoms with Crippen molar-refractivity contribution in [3.8, 4) is 5.75 Å². The van der Waals surface area contributed by atoms with Crippen molar-refractivity contribution in [3.63, 3.8) is 0 Å². The lowest BCUT2D eigenvalue weighted by molar-refractivity contribution is -0.00828. The molecule has 3 N–H and O–H groups in total. The summed E-state index contributed by atoms with van der Waals surface area (Å²) in [7, 11) is -1.93. The molecule has 0 aliphatic carbocycles. The fraction of sp³-hybridized carbons (Fsp3) is 0.533. The zero-order valence-electron chi connectivity index (χ0n) is 25.1. The van der Waals surface area contributed by atoms with E-state index in [0.717, 1.165) is 25.5 Å². The van der Waals surface area contributed by atoms with Gasteiger partial charge < -0.3 is 30.1 Å². The van der Waals surface area contributed by atoms with Crippen LogP contribution in [0.15, 0.2) is 48.5 Å². The van der Waals surface area contributed by atoms with Gasteiger partial charge in [0.1, 0.15) is 5.75 Å². The largest absolute Gasteiger partial charge is 0.490 e. The van der Waals surface area contributed by atoms with E-state index >= 15 is 0 Å². The SMILES string of the molecule is C[C@@H]1CCCCO[C@H](CN(C)S(C)(=O)=O)[C@@H](C)CN([C@H](C)CO)C(=O)c2cc(NC(=O)Nc3ccccc3)ccc2O1. The predicted molar refractivity (Wildman–Crippen MR) is 163 cm³/mol. The molecule has 0 aromatic heterocycles. The molecule has 2 aromatic rings. The highest BCUT2D eigenvalue weighted by Crippen LogP contribution is 2.28. The Morgan fingerprint density at radius 1 is 1.12 bits per heavy atom. The Bertz CT molecular complexity index is 1290. The first-order valence-electron chi connectivity index (χ1n) is 14.3. The highest BCUT2D eigenvalue weighted by Gasteiger charge is 2.31. The number of hydrogen-bond acceptors (Lipinski definition) is 7. The lowest BCUT2D eigenvalue weighted by atomic mass is 10.0. The fourth-order valence-electron chi connectivity index (χ4n) is 4.67. The third-order valence-corrected chi connectivity index (χ3v) is 8.63. The number of amides is 3. The maximum absolute atomic E-state index is 14.1. The Kier molecular flexibility index (Phi) is 12.2. The maximum Gasteiger partial charge on any atom is 0.323 e. The minimum absolute atomic E-state index is 0.135. The summed E-state index contributed by atoms with van der Waals surface area (Å²) in [6.45, 7) is 6.07. The molecule has 232 valence electrons. The molecule has 12 heteroatoms. The Hall–Kier alpha value is -3.19. The summed E-state index contributed by atoms with van der Waals surface area (Å²) in [5, 5.41) is 15.6. The number of carbonyl (C=O) groups excluding carboxylic acids is 2. The molecule has 0 radical (unpaired) electrons. The van der Waals surface area contributed by atoms with Crippen LogP contribution in [0.1, 0.15) is 50.4 Å². The van der Waals surface area contributed by atoms with Gasteiger partial charge in [0.05, 0.1) is 36.7 Å². The first kappa shape index (κ1) is 33.3. The normalized spacial score (nSPS) is 21.5. The standard InChI is InChI=1S/C30H44N4O7S/c1-21-18-34(22(2)20-35)29(36)26-17-25(32-30(37)31-24-12-7-6-8-13-24)14-15-27(26)41-23(3)11-9-10-16-40-28(21)19-33(4)42(5,38)39/h6-8,12-15,17,21-23,28,35H,9-11,16,18-20H2,1-5H3,(H2,31,32,37)/t21-,22+,23+,28+/m0/s1. The number of nitrogens with zero attached hydrogens (tertiary/aromatic N) is 2. The number of aliphatic hydroxyl groups is 1. The van der Waals surface area contributed by atoms with E-state index in [1.54, 1.807) is 42.2 Å². The van der Waals surface area contributed by atoms with Gasteiger partial charge in [0.2, 0.25) is 10.0 Å². The van der Waals surface area contributed by atoms with Crippen LogP contribution in [0.5, 0.6) is 5.75 Å². The number of aliphatic hydroxyl groups excluding tert-OH is 1. The van der Waals surface area contributed by atoms with Crippen molar-refractivity contribution in [2.75, 3.05) is 50.2 Å². The van der Waals surface area contributed by atoms with Gasteiger partial charge in [-0.3, -0.25) is 4.79 Å². The molecule has 42 heavy (non-hydrogen) atoms. The van der Waals surface area contributed by atoms with Crippen LogP contribution in [-0.4, -0.2) is 92.5 Å². The maximum atomic E-state index is 14.1. The second kappa shape index (κ2) is 15.3. The fourth-order valence-corrected chi connectivity index (χ4v) is 5.08. The van der Waals surface area contributed by atoms with E-state index in [1.165, 1.54) is 11.4 Å². The van der Waals surface area contributed by atoms with Gasteiger partial charge in [0, 0.05) is 44.0 Å². The van der Waals surface area contributed by atoms with Crippen LogP contribution in [0.2, 0.25) is 0 Å². The van der Waals surface area contributed by atoms with E-state index in [4.69, 9.17) is 9.47 Å². The number of likely N-dealkylation sites (N-methyl/N-ethyl adjacent to an activating group) is 1. The first-order valence-corrected chi connectivity index (χ1v) is 16.1. The molecule has 3 rings (SSSR count).